The molecule has 2 heterocycles. The monoisotopic (exact) mass is 338 g/mol. The molecule has 0 bridgehead atoms. The van der Waals surface area contributed by atoms with Gasteiger partial charge in [0, 0.05) is 23.9 Å². The van der Waals surface area contributed by atoms with Gasteiger partial charge in [-0.25, -0.2) is 0 Å². The lowest BCUT2D eigenvalue weighted by atomic mass is 9.43. The van der Waals surface area contributed by atoms with Gasteiger partial charge in [-0.1, -0.05) is 20.8 Å². The first-order valence-corrected chi connectivity index (χ1v) is 9.89. The fraction of sp³-hybridized carbons (Fsp3) is 1.00. The smallest absolute Gasteiger partial charge is 0.0945 e. The van der Waals surface area contributed by atoms with E-state index in [0.717, 1.165) is 58.2 Å². The third-order valence-corrected chi connectivity index (χ3v) is 8.67. The zero-order valence-corrected chi connectivity index (χ0v) is 15.5. The van der Waals surface area contributed by atoms with Crippen molar-refractivity contribution >= 4 is 0 Å². The van der Waals surface area contributed by atoms with Crippen LogP contribution in [0.2, 0.25) is 0 Å². The van der Waals surface area contributed by atoms with E-state index in [1.54, 1.807) is 0 Å². The Bertz CT molecular complexity index is 502. The predicted molar refractivity (Wildman–Crippen MR) is 91.6 cm³/mol. The highest BCUT2D eigenvalue weighted by atomic mass is 16.6. The lowest BCUT2D eigenvalue weighted by molar-refractivity contribution is -0.266. The second kappa shape index (κ2) is 5.42. The topological polar surface area (TPSA) is 58.9 Å². The molecular weight excluding hydrogens is 304 g/mol. The van der Waals surface area contributed by atoms with Gasteiger partial charge in [0.05, 0.1) is 30.5 Å². The number of hydrogen-bond acceptors (Lipinski definition) is 4. The van der Waals surface area contributed by atoms with Crippen LogP contribution < -0.4 is 0 Å². The summed E-state index contributed by atoms with van der Waals surface area (Å²) in [6.45, 7) is 8.46. The van der Waals surface area contributed by atoms with E-state index in [4.69, 9.17) is 9.47 Å². The lowest BCUT2D eigenvalue weighted by Gasteiger charge is -2.65. The van der Waals surface area contributed by atoms with Crippen LogP contribution in [0.15, 0.2) is 0 Å². The molecule has 2 saturated heterocycles. The first kappa shape index (κ1) is 17.3. The van der Waals surface area contributed by atoms with E-state index < -0.39 is 11.5 Å². The van der Waals surface area contributed by atoms with Crippen molar-refractivity contribution in [1.29, 1.82) is 0 Å². The summed E-state index contributed by atoms with van der Waals surface area (Å²) in [6.07, 6.45) is 6.78. The van der Waals surface area contributed by atoms with E-state index in [2.05, 4.69) is 20.8 Å². The van der Waals surface area contributed by atoms with Gasteiger partial charge in [0.25, 0.3) is 0 Å². The Morgan fingerprint density at radius 1 is 1.04 bits per heavy atom. The van der Waals surface area contributed by atoms with Crippen LogP contribution in [0.3, 0.4) is 0 Å². The van der Waals surface area contributed by atoms with E-state index in [-0.39, 0.29) is 23.2 Å². The summed E-state index contributed by atoms with van der Waals surface area (Å²) < 4.78 is 12.7. The van der Waals surface area contributed by atoms with Gasteiger partial charge in [-0.15, -0.1) is 0 Å². The predicted octanol–water partition coefficient (Wildman–Crippen LogP) is 2.90. The summed E-state index contributed by atoms with van der Waals surface area (Å²) in [6, 6.07) is 0. The zero-order chi connectivity index (χ0) is 17.2. The van der Waals surface area contributed by atoms with Gasteiger partial charge >= 0.3 is 0 Å². The number of ether oxygens (including phenoxy) is 2. The van der Waals surface area contributed by atoms with E-state index in [1.807, 2.05) is 0 Å². The lowest BCUT2D eigenvalue weighted by Crippen LogP contribution is -2.66. The number of fused-ring (bicyclic) bond motifs is 2. The average molecular weight is 338 g/mol. The third-order valence-electron chi connectivity index (χ3n) is 8.67. The Morgan fingerprint density at radius 3 is 2.50 bits per heavy atom. The Hall–Kier alpha value is -0.160. The molecule has 0 amide bonds. The Labute approximate surface area is 145 Å². The summed E-state index contributed by atoms with van der Waals surface area (Å²) in [5.41, 5.74) is -0.593. The van der Waals surface area contributed by atoms with Crippen molar-refractivity contribution in [3.05, 3.63) is 0 Å². The van der Waals surface area contributed by atoms with Gasteiger partial charge in [-0.3, -0.25) is 0 Å². The molecule has 2 spiro atoms. The molecule has 7 atom stereocenters. The molecule has 0 aromatic carbocycles. The first-order chi connectivity index (χ1) is 11.3. The highest BCUT2D eigenvalue weighted by Gasteiger charge is 2.69. The van der Waals surface area contributed by atoms with Crippen molar-refractivity contribution in [2.45, 2.75) is 83.0 Å². The van der Waals surface area contributed by atoms with Crippen molar-refractivity contribution in [2.75, 3.05) is 19.8 Å². The van der Waals surface area contributed by atoms with Crippen molar-refractivity contribution in [1.82, 2.24) is 0 Å². The largest absolute Gasteiger partial charge is 0.396 e. The molecule has 4 heteroatoms. The molecular formula is C20H34O4. The minimum atomic E-state index is -0.411. The molecule has 2 saturated carbocycles. The second-order valence-electron chi connectivity index (χ2n) is 9.64. The molecule has 0 unspecified atom stereocenters. The molecule has 2 aliphatic carbocycles. The van der Waals surface area contributed by atoms with Gasteiger partial charge in [0.1, 0.15) is 0 Å². The van der Waals surface area contributed by atoms with E-state index in [0.29, 0.717) is 11.8 Å². The van der Waals surface area contributed by atoms with Crippen LogP contribution >= 0.6 is 0 Å². The van der Waals surface area contributed by atoms with Gasteiger partial charge in [-0.2, -0.15) is 0 Å². The molecule has 2 aliphatic heterocycles. The number of hydrogen-bond donors (Lipinski definition) is 2. The van der Waals surface area contributed by atoms with Crippen molar-refractivity contribution in [3.63, 3.8) is 0 Å². The third kappa shape index (κ3) is 2.00. The van der Waals surface area contributed by atoms with Crippen LogP contribution in [0.1, 0.15) is 65.7 Å². The maximum Gasteiger partial charge on any atom is 0.0945 e. The highest BCUT2D eigenvalue weighted by Crippen LogP contribution is 2.68. The van der Waals surface area contributed by atoms with Crippen LogP contribution in [0.4, 0.5) is 0 Å². The van der Waals surface area contributed by atoms with Gasteiger partial charge in [0.15, 0.2) is 0 Å². The summed E-state index contributed by atoms with van der Waals surface area (Å²) in [4.78, 5) is 0. The van der Waals surface area contributed by atoms with Crippen LogP contribution in [0, 0.1) is 22.7 Å². The molecule has 4 rings (SSSR count). The first-order valence-electron chi connectivity index (χ1n) is 9.89. The van der Waals surface area contributed by atoms with Gasteiger partial charge in [0.2, 0.25) is 0 Å². The Kier molecular flexibility index (Phi) is 3.90. The zero-order valence-electron chi connectivity index (χ0n) is 15.5. The fourth-order valence-corrected chi connectivity index (χ4v) is 7.00. The van der Waals surface area contributed by atoms with Gasteiger partial charge in [-0.05, 0) is 50.4 Å². The standard InChI is InChI=1S/C20H34O4/c1-14-4-5-15-17(2,12-21)16(22)6-7-18(15,3)20(14)9-8-19(24-20)10-11-23-13-19/h14-16,21-22H,4-13H2,1-3H3/t14-,15+,16+,17+,18+,19+,20+/m1/s1. The van der Waals surface area contributed by atoms with Gasteiger partial charge < -0.3 is 19.7 Å². The van der Waals surface area contributed by atoms with Crippen LogP contribution in [-0.2, 0) is 9.47 Å². The van der Waals surface area contributed by atoms with E-state index >= 15 is 0 Å². The highest BCUT2D eigenvalue weighted by molar-refractivity contribution is 5.17. The Morgan fingerprint density at radius 2 is 1.83 bits per heavy atom. The second-order valence-corrected chi connectivity index (χ2v) is 9.64. The normalized spacial score (nSPS) is 57.6. The average Bonchev–Trinajstić information content (AvgIpc) is 3.18. The van der Waals surface area contributed by atoms with E-state index in [9.17, 15) is 10.2 Å². The summed E-state index contributed by atoms with van der Waals surface area (Å²) >= 11 is 0. The van der Waals surface area contributed by atoms with Crippen LogP contribution in [0.25, 0.3) is 0 Å². The maximum atomic E-state index is 10.7. The summed E-state index contributed by atoms with van der Waals surface area (Å²) in [5, 5.41) is 20.8. The van der Waals surface area contributed by atoms with Crippen molar-refractivity contribution in [3.8, 4) is 0 Å². The minimum Gasteiger partial charge on any atom is -0.396 e. The summed E-state index contributed by atoms with van der Waals surface area (Å²) in [5.74, 6) is 0.837. The molecule has 4 nitrogen and oxygen atoms in total. The number of aliphatic hydroxyl groups is 2. The SMILES string of the molecule is C[C@@H]1CC[C@H]2[C@](C)(CO)[C@@H](O)CC[C@]2(C)[C@]12CC[C@@]1(CCOC1)O2. The number of aliphatic hydroxyl groups excluding tert-OH is 2. The molecule has 4 aliphatic rings. The maximum absolute atomic E-state index is 10.7. The molecule has 0 aromatic rings. The molecule has 24 heavy (non-hydrogen) atoms. The van der Waals surface area contributed by atoms with Crippen molar-refractivity contribution in [2.24, 2.45) is 22.7 Å². The van der Waals surface area contributed by atoms with Crippen LogP contribution in [-0.4, -0.2) is 47.3 Å². The Balaban J connectivity index is 1.74. The van der Waals surface area contributed by atoms with E-state index in [1.165, 1.54) is 0 Å². The molecule has 0 radical (unpaired) electrons. The van der Waals surface area contributed by atoms with Crippen LogP contribution in [0.5, 0.6) is 0 Å². The molecule has 2 N–H and O–H groups in total. The summed E-state index contributed by atoms with van der Waals surface area (Å²) in [7, 11) is 0. The molecule has 4 fully saturated rings. The minimum absolute atomic E-state index is 0.0213. The number of rotatable bonds is 1. The molecule has 138 valence electrons. The quantitative estimate of drug-likeness (QED) is 0.772. The molecule has 0 aromatic heterocycles. The fourth-order valence-electron chi connectivity index (χ4n) is 7.00. The van der Waals surface area contributed by atoms with Crippen molar-refractivity contribution < 1.29 is 19.7 Å².